The first-order valence-electron chi connectivity index (χ1n) is 8.75. The highest BCUT2D eigenvalue weighted by Gasteiger charge is 2.41. The van der Waals surface area contributed by atoms with Crippen LogP contribution in [0, 0.1) is 17.8 Å². The lowest BCUT2D eigenvalue weighted by atomic mass is 9.65. The molecule has 0 radical (unpaired) electrons. The second-order valence-electron chi connectivity index (χ2n) is 7.38. The van der Waals surface area contributed by atoms with Crippen LogP contribution in [0.15, 0.2) is 24.3 Å². The number of halogens is 1. The van der Waals surface area contributed by atoms with Gasteiger partial charge in [-0.1, -0.05) is 30.2 Å². The number of fused-ring (bicyclic) bond motifs is 2. The number of carbonyl (C=O) groups excluding carboxylic acids is 1. The molecule has 2 aliphatic carbocycles. The van der Waals surface area contributed by atoms with Gasteiger partial charge in [0, 0.05) is 24.0 Å². The summed E-state index contributed by atoms with van der Waals surface area (Å²) in [4.78, 5) is 14.9. The zero-order valence-corrected chi connectivity index (χ0v) is 14.8. The highest BCUT2D eigenvalue weighted by Crippen LogP contribution is 2.42. The smallest absolute Gasteiger partial charge is 0.225 e. The van der Waals surface area contributed by atoms with Gasteiger partial charge in [-0.05, 0) is 62.1 Å². The molecule has 3 nitrogen and oxygen atoms in total. The first kappa shape index (κ1) is 16.8. The molecule has 126 valence electrons. The summed E-state index contributed by atoms with van der Waals surface area (Å²) in [5.74, 6) is 1.47. The third-order valence-electron chi connectivity index (χ3n) is 6.02. The van der Waals surface area contributed by atoms with Crippen molar-refractivity contribution < 1.29 is 4.79 Å². The van der Waals surface area contributed by atoms with Crippen LogP contribution in [-0.2, 0) is 4.79 Å². The zero-order chi connectivity index (χ0) is 16.6. The second kappa shape index (κ2) is 6.82. The minimum Gasteiger partial charge on any atom is -0.339 e. The van der Waals surface area contributed by atoms with Crippen molar-refractivity contribution in [3.63, 3.8) is 0 Å². The summed E-state index contributed by atoms with van der Waals surface area (Å²) in [6.45, 7) is 2.07. The topological polar surface area (TPSA) is 46.3 Å². The van der Waals surface area contributed by atoms with Crippen LogP contribution < -0.4 is 5.73 Å². The van der Waals surface area contributed by atoms with Gasteiger partial charge in [0.15, 0.2) is 0 Å². The molecule has 3 unspecified atom stereocenters. The van der Waals surface area contributed by atoms with Gasteiger partial charge in [0.1, 0.15) is 0 Å². The van der Waals surface area contributed by atoms with Gasteiger partial charge in [0.25, 0.3) is 0 Å². The second-order valence-corrected chi connectivity index (χ2v) is 7.81. The molecular weight excluding hydrogens is 308 g/mol. The predicted octanol–water partition coefficient (Wildman–Crippen LogP) is 4.01. The highest BCUT2D eigenvalue weighted by molar-refractivity contribution is 6.30. The van der Waals surface area contributed by atoms with E-state index < -0.39 is 0 Å². The van der Waals surface area contributed by atoms with Crippen molar-refractivity contribution in [1.29, 1.82) is 0 Å². The minimum absolute atomic E-state index is 0.0386. The Morgan fingerprint density at radius 1 is 1.30 bits per heavy atom. The van der Waals surface area contributed by atoms with E-state index in [9.17, 15) is 4.79 Å². The third kappa shape index (κ3) is 3.41. The summed E-state index contributed by atoms with van der Waals surface area (Å²) in [6, 6.07) is 8.13. The number of carbonyl (C=O) groups is 1. The van der Waals surface area contributed by atoms with Gasteiger partial charge in [0.2, 0.25) is 5.91 Å². The highest BCUT2D eigenvalue weighted by atomic mass is 35.5. The molecule has 2 N–H and O–H groups in total. The number of hydrogen-bond donors (Lipinski definition) is 1. The molecule has 0 aliphatic heterocycles. The fourth-order valence-corrected chi connectivity index (χ4v) is 4.66. The van der Waals surface area contributed by atoms with E-state index in [1.807, 2.05) is 36.2 Å². The van der Waals surface area contributed by atoms with Crippen molar-refractivity contribution in [2.45, 2.75) is 51.1 Å². The summed E-state index contributed by atoms with van der Waals surface area (Å²) in [5.41, 5.74) is 7.43. The van der Waals surface area contributed by atoms with Crippen LogP contribution in [0.25, 0.3) is 0 Å². The molecule has 1 aromatic carbocycles. The van der Waals surface area contributed by atoms with Crippen LogP contribution >= 0.6 is 11.6 Å². The number of hydrogen-bond acceptors (Lipinski definition) is 2. The molecule has 0 heterocycles. The van der Waals surface area contributed by atoms with Gasteiger partial charge in [-0.15, -0.1) is 0 Å². The van der Waals surface area contributed by atoms with Crippen LogP contribution in [-0.4, -0.2) is 23.9 Å². The van der Waals surface area contributed by atoms with E-state index in [-0.39, 0.29) is 17.9 Å². The molecule has 23 heavy (non-hydrogen) atoms. The normalized spacial score (nSPS) is 31.5. The van der Waals surface area contributed by atoms with Gasteiger partial charge in [-0.2, -0.15) is 0 Å². The van der Waals surface area contributed by atoms with E-state index in [2.05, 4.69) is 6.92 Å². The molecule has 0 spiro atoms. The molecule has 3 rings (SSSR count). The minimum atomic E-state index is 0.0386. The van der Waals surface area contributed by atoms with Crippen LogP contribution in [0.2, 0.25) is 5.02 Å². The Hall–Kier alpha value is -1.06. The maximum absolute atomic E-state index is 13.0. The molecule has 2 fully saturated rings. The van der Waals surface area contributed by atoms with Gasteiger partial charge in [-0.3, -0.25) is 4.79 Å². The van der Waals surface area contributed by atoms with E-state index in [1.54, 1.807) is 0 Å². The Kier molecular flexibility index (Phi) is 4.98. The molecule has 4 heteroatoms. The summed E-state index contributed by atoms with van der Waals surface area (Å²) >= 11 is 6.09. The first-order chi connectivity index (χ1) is 11.0. The van der Waals surface area contributed by atoms with Crippen molar-refractivity contribution in [2.24, 2.45) is 23.5 Å². The van der Waals surface area contributed by atoms with Gasteiger partial charge < -0.3 is 10.6 Å². The zero-order valence-electron chi connectivity index (χ0n) is 14.0. The third-order valence-corrected chi connectivity index (χ3v) is 6.26. The standard InChI is InChI=1S/C19H27ClN2O/c1-12(13-5-4-8-17(20)11-13)22(2)19(23)16-9-14-6-3-7-15(10-16)18(14)21/h4-5,8,11-12,14-16,18H,3,6-7,9-10,21H2,1-2H3. The Morgan fingerprint density at radius 2 is 1.96 bits per heavy atom. The lowest BCUT2D eigenvalue weighted by Crippen LogP contribution is -2.49. The number of nitrogens with two attached hydrogens (primary N) is 1. The molecule has 1 aromatic rings. The Labute approximate surface area is 144 Å². The van der Waals surface area contributed by atoms with E-state index >= 15 is 0 Å². The molecule has 0 aromatic heterocycles. The fourth-order valence-electron chi connectivity index (χ4n) is 4.46. The Balaban J connectivity index is 1.70. The molecule has 1 amide bonds. The number of nitrogens with zero attached hydrogens (tertiary/aromatic N) is 1. The monoisotopic (exact) mass is 334 g/mol. The average molecular weight is 335 g/mol. The summed E-state index contributed by atoms with van der Waals surface area (Å²) in [7, 11) is 1.91. The van der Waals surface area contributed by atoms with Gasteiger partial charge in [-0.25, -0.2) is 0 Å². The van der Waals surface area contributed by atoms with Crippen molar-refractivity contribution in [3.05, 3.63) is 34.9 Å². The van der Waals surface area contributed by atoms with E-state index in [0.29, 0.717) is 22.9 Å². The molecule has 2 bridgehead atoms. The largest absolute Gasteiger partial charge is 0.339 e. The molecule has 0 saturated heterocycles. The van der Waals surface area contributed by atoms with Crippen molar-refractivity contribution in [1.82, 2.24) is 4.90 Å². The summed E-state index contributed by atoms with van der Waals surface area (Å²) in [5, 5.41) is 0.716. The average Bonchev–Trinajstić information content (AvgIpc) is 2.52. The molecule has 2 aliphatic rings. The van der Waals surface area contributed by atoms with Crippen molar-refractivity contribution >= 4 is 17.5 Å². The molecular formula is C19H27ClN2O. The van der Waals surface area contributed by atoms with E-state index in [0.717, 1.165) is 18.4 Å². The maximum atomic E-state index is 13.0. The Morgan fingerprint density at radius 3 is 2.57 bits per heavy atom. The Bertz CT molecular complexity index is 562. The van der Waals surface area contributed by atoms with E-state index in [4.69, 9.17) is 17.3 Å². The lowest BCUT2D eigenvalue weighted by molar-refractivity contribution is -0.139. The SMILES string of the molecule is CC(c1cccc(Cl)c1)N(C)C(=O)C1CC2CCCC(C1)C2N. The summed E-state index contributed by atoms with van der Waals surface area (Å²) in [6.07, 6.45) is 5.58. The van der Waals surface area contributed by atoms with Crippen LogP contribution in [0.3, 0.4) is 0 Å². The number of amides is 1. The number of benzene rings is 1. The maximum Gasteiger partial charge on any atom is 0.225 e. The van der Waals surface area contributed by atoms with Gasteiger partial charge in [0.05, 0.1) is 6.04 Å². The predicted molar refractivity (Wildman–Crippen MR) is 94.2 cm³/mol. The van der Waals surface area contributed by atoms with Crippen LogP contribution in [0.1, 0.15) is 50.6 Å². The van der Waals surface area contributed by atoms with Gasteiger partial charge >= 0.3 is 0 Å². The lowest BCUT2D eigenvalue weighted by Gasteiger charge is -2.44. The first-order valence-corrected chi connectivity index (χ1v) is 9.13. The van der Waals surface area contributed by atoms with Crippen molar-refractivity contribution in [2.75, 3.05) is 7.05 Å². The van der Waals surface area contributed by atoms with E-state index in [1.165, 1.54) is 19.3 Å². The quantitative estimate of drug-likeness (QED) is 0.907. The summed E-state index contributed by atoms with van der Waals surface area (Å²) < 4.78 is 0. The van der Waals surface area contributed by atoms with Crippen LogP contribution in [0.4, 0.5) is 0 Å². The molecule has 3 atom stereocenters. The van der Waals surface area contributed by atoms with Crippen molar-refractivity contribution in [3.8, 4) is 0 Å². The van der Waals surface area contributed by atoms with Crippen LogP contribution in [0.5, 0.6) is 0 Å². The number of rotatable bonds is 3. The molecule has 2 saturated carbocycles. The fraction of sp³-hybridized carbons (Fsp3) is 0.632.